The quantitative estimate of drug-likeness (QED) is 0.283. The summed E-state index contributed by atoms with van der Waals surface area (Å²) in [5.41, 5.74) is -2.38. The highest BCUT2D eigenvalue weighted by Crippen LogP contribution is 2.21. The summed E-state index contributed by atoms with van der Waals surface area (Å²) in [6.45, 7) is 15.4. The molecule has 0 saturated carbocycles. The molecule has 154 valence electrons. The Hall–Kier alpha value is -1.22. The van der Waals surface area contributed by atoms with Gasteiger partial charge >= 0.3 is 11.9 Å². The average Bonchev–Trinajstić information content (AvgIpc) is 2.39. The Morgan fingerprint density at radius 3 is 1.85 bits per heavy atom. The lowest BCUT2D eigenvalue weighted by Crippen LogP contribution is -2.38. The highest BCUT2D eigenvalue weighted by molar-refractivity contribution is 6.29. The second-order valence-corrected chi connectivity index (χ2v) is 8.72. The highest BCUT2D eigenvalue weighted by atomic mass is 17.2. The first-order valence-electron chi connectivity index (χ1n) is 8.68. The molecule has 0 fully saturated rings. The minimum Gasteiger partial charge on any atom is -0.451 e. The molecule has 0 saturated heterocycles. The molecule has 0 radical (unpaired) electrons. The van der Waals surface area contributed by atoms with E-state index in [0.717, 1.165) is 0 Å². The molecule has 0 aliphatic rings. The molecule has 8 nitrogen and oxygen atoms in total. The van der Waals surface area contributed by atoms with Crippen molar-refractivity contribution in [2.24, 2.45) is 0 Å². The third-order valence-electron chi connectivity index (χ3n) is 2.91. The standard InChI is InChI=1S/C18H34O8/c1-12(19)10-18(8,9)26-24-15(21)14(20)22-17(6,7)11-13(2)23-25-16(3,4)5/h12-13,19H,10-11H2,1-9H3. The molecule has 2 unspecified atom stereocenters. The number of carbonyl (C=O) groups excluding carboxylic acids is 2. The highest BCUT2D eigenvalue weighted by Gasteiger charge is 2.33. The molecule has 0 amide bonds. The van der Waals surface area contributed by atoms with Gasteiger partial charge in [-0.1, -0.05) is 0 Å². The van der Waals surface area contributed by atoms with Crippen molar-refractivity contribution < 1.29 is 39.0 Å². The zero-order chi connectivity index (χ0) is 20.8. The summed E-state index contributed by atoms with van der Waals surface area (Å²) in [6, 6.07) is 0. The summed E-state index contributed by atoms with van der Waals surface area (Å²) in [6.07, 6.45) is -0.486. The summed E-state index contributed by atoms with van der Waals surface area (Å²) in [5, 5.41) is 9.36. The number of hydrogen-bond donors (Lipinski definition) is 1. The average molecular weight is 378 g/mol. The Morgan fingerprint density at radius 2 is 1.38 bits per heavy atom. The van der Waals surface area contributed by atoms with E-state index in [0.29, 0.717) is 6.42 Å². The maximum absolute atomic E-state index is 11.9. The zero-order valence-corrected chi connectivity index (χ0v) is 17.4. The van der Waals surface area contributed by atoms with Gasteiger partial charge in [0, 0.05) is 12.8 Å². The first-order valence-corrected chi connectivity index (χ1v) is 8.68. The second-order valence-electron chi connectivity index (χ2n) is 8.72. The Kier molecular flexibility index (Phi) is 9.19. The van der Waals surface area contributed by atoms with E-state index in [9.17, 15) is 14.7 Å². The van der Waals surface area contributed by atoms with Crippen molar-refractivity contribution in [2.75, 3.05) is 0 Å². The van der Waals surface area contributed by atoms with Crippen LogP contribution in [0, 0.1) is 0 Å². The van der Waals surface area contributed by atoms with E-state index in [-0.39, 0.29) is 12.5 Å². The molecule has 0 heterocycles. The number of esters is 1. The molecule has 0 aliphatic heterocycles. The maximum Gasteiger partial charge on any atom is 0.449 e. The molecule has 26 heavy (non-hydrogen) atoms. The van der Waals surface area contributed by atoms with E-state index in [1.807, 2.05) is 20.8 Å². The molecule has 0 rings (SSSR count). The predicted molar refractivity (Wildman–Crippen MR) is 93.7 cm³/mol. The van der Waals surface area contributed by atoms with E-state index < -0.39 is 34.8 Å². The van der Waals surface area contributed by atoms with Gasteiger partial charge in [0.05, 0.1) is 17.8 Å². The van der Waals surface area contributed by atoms with Crippen molar-refractivity contribution in [1.29, 1.82) is 0 Å². The predicted octanol–water partition coefficient (Wildman–Crippen LogP) is 2.86. The van der Waals surface area contributed by atoms with Crippen LogP contribution in [0.1, 0.15) is 75.2 Å². The van der Waals surface area contributed by atoms with Gasteiger partial charge in [-0.15, -0.1) is 0 Å². The molecular formula is C18H34O8. The van der Waals surface area contributed by atoms with Gasteiger partial charge in [-0.05, 0) is 62.3 Å². The summed E-state index contributed by atoms with van der Waals surface area (Å²) < 4.78 is 5.17. The molecule has 0 spiro atoms. The van der Waals surface area contributed by atoms with Gasteiger partial charge < -0.3 is 9.84 Å². The van der Waals surface area contributed by atoms with E-state index >= 15 is 0 Å². The van der Waals surface area contributed by atoms with Crippen LogP contribution in [-0.4, -0.2) is 46.1 Å². The Labute approximate surface area is 155 Å². The smallest absolute Gasteiger partial charge is 0.449 e. The van der Waals surface area contributed by atoms with E-state index in [2.05, 4.69) is 4.89 Å². The lowest BCUT2D eigenvalue weighted by atomic mass is 10.0. The van der Waals surface area contributed by atoms with Gasteiger partial charge in [-0.3, -0.25) is 4.89 Å². The normalized spacial score (nSPS) is 15.3. The number of hydrogen-bond acceptors (Lipinski definition) is 8. The Balaban J connectivity index is 4.47. The summed E-state index contributed by atoms with van der Waals surface area (Å²) in [4.78, 5) is 43.6. The molecular weight excluding hydrogens is 344 g/mol. The van der Waals surface area contributed by atoms with E-state index in [4.69, 9.17) is 19.4 Å². The lowest BCUT2D eigenvalue weighted by molar-refractivity contribution is -0.373. The molecule has 0 aromatic rings. The fraction of sp³-hybridized carbons (Fsp3) is 0.889. The fourth-order valence-electron chi connectivity index (χ4n) is 2.22. The molecule has 1 N–H and O–H groups in total. The van der Waals surface area contributed by atoms with Gasteiger partial charge in [-0.25, -0.2) is 19.4 Å². The molecule has 0 aromatic carbocycles. The van der Waals surface area contributed by atoms with Crippen molar-refractivity contribution in [2.45, 2.75) is 104 Å². The fourth-order valence-corrected chi connectivity index (χ4v) is 2.22. The van der Waals surface area contributed by atoms with Crippen molar-refractivity contribution in [3.05, 3.63) is 0 Å². The van der Waals surface area contributed by atoms with Crippen LogP contribution < -0.4 is 0 Å². The largest absolute Gasteiger partial charge is 0.451 e. The number of rotatable bonds is 9. The van der Waals surface area contributed by atoms with Crippen LogP contribution in [0.4, 0.5) is 0 Å². The van der Waals surface area contributed by atoms with Crippen molar-refractivity contribution in [1.82, 2.24) is 0 Å². The van der Waals surface area contributed by atoms with Crippen LogP contribution in [-0.2, 0) is 33.9 Å². The summed E-state index contributed by atoms with van der Waals surface area (Å²) in [7, 11) is 0. The van der Waals surface area contributed by atoms with Gasteiger partial charge in [0.2, 0.25) is 0 Å². The number of carbonyl (C=O) groups is 2. The minimum atomic E-state index is -1.27. The van der Waals surface area contributed by atoms with Crippen molar-refractivity contribution in [3.63, 3.8) is 0 Å². The SMILES string of the molecule is CC(O)CC(C)(C)OOC(=O)C(=O)OC(C)(C)CC(C)OOC(C)(C)C. The molecule has 0 bridgehead atoms. The van der Waals surface area contributed by atoms with Crippen molar-refractivity contribution in [3.8, 4) is 0 Å². The molecule has 2 atom stereocenters. The number of aliphatic hydroxyl groups is 1. The minimum absolute atomic E-state index is 0.226. The zero-order valence-electron chi connectivity index (χ0n) is 17.4. The summed E-state index contributed by atoms with van der Waals surface area (Å²) >= 11 is 0. The van der Waals surface area contributed by atoms with Crippen LogP contribution in [0.15, 0.2) is 0 Å². The van der Waals surface area contributed by atoms with Gasteiger partial charge in [0.1, 0.15) is 11.2 Å². The topological polar surface area (TPSA) is 101 Å². The van der Waals surface area contributed by atoms with Crippen LogP contribution >= 0.6 is 0 Å². The number of aliphatic hydroxyl groups excluding tert-OH is 1. The number of ether oxygens (including phenoxy) is 1. The Morgan fingerprint density at radius 1 is 0.846 bits per heavy atom. The second kappa shape index (κ2) is 9.64. The van der Waals surface area contributed by atoms with E-state index in [1.54, 1.807) is 41.5 Å². The third kappa shape index (κ3) is 12.2. The van der Waals surface area contributed by atoms with Crippen LogP contribution in [0.25, 0.3) is 0 Å². The Bertz CT molecular complexity index is 462. The monoisotopic (exact) mass is 378 g/mol. The molecule has 8 heteroatoms. The van der Waals surface area contributed by atoms with E-state index in [1.165, 1.54) is 0 Å². The van der Waals surface area contributed by atoms with Gasteiger partial charge in [-0.2, -0.15) is 4.89 Å². The molecule has 0 aromatic heterocycles. The first kappa shape index (κ1) is 24.8. The summed E-state index contributed by atoms with van der Waals surface area (Å²) in [5.74, 6) is -2.44. The van der Waals surface area contributed by atoms with Gasteiger partial charge in [0.15, 0.2) is 0 Å². The lowest BCUT2D eigenvalue weighted by Gasteiger charge is -2.29. The van der Waals surface area contributed by atoms with Crippen LogP contribution in [0.3, 0.4) is 0 Å². The van der Waals surface area contributed by atoms with Gasteiger partial charge in [0.25, 0.3) is 0 Å². The third-order valence-corrected chi connectivity index (χ3v) is 2.91. The first-order chi connectivity index (χ1) is 11.5. The maximum atomic E-state index is 11.9. The van der Waals surface area contributed by atoms with Crippen LogP contribution in [0.5, 0.6) is 0 Å². The van der Waals surface area contributed by atoms with Crippen molar-refractivity contribution >= 4 is 11.9 Å². The molecule has 0 aliphatic carbocycles. The van der Waals surface area contributed by atoms with Crippen LogP contribution in [0.2, 0.25) is 0 Å².